The summed E-state index contributed by atoms with van der Waals surface area (Å²) in [6, 6.07) is 7.71. The van der Waals surface area contributed by atoms with E-state index in [1.165, 1.54) is 23.0 Å². The van der Waals surface area contributed by atoms with Crippen LogP contribution < -0.4 is 0 Å². The number of carbonyl (C=O) groups excluding carboxylic acids is 1. The zero-order valence-electron chi connectivity index (χ0n) is 13.9. The van der Waals surface area contributed by atoms with Gasteiger partial charge in [-0.05, 0) is 30.9 Å². The average Bonchev–Trinajstić information content (AvgIpc) is 3.11. The summed E-state index contributed by atoms with van der Waals surface area (Å²) in [6.07, 6.45) is 2.92. The molecule has 136 valence electrons. The number of benzene rings is 1. The highest BCUT2D eigenvalue weighted by atomic mass is 16.6. The molecule has 0 radical (unpaired) electrons. The van der Waals surface area contributed by atoms with Gasteiger partial charge in [0.25, 0.3) is 11.6 Å². The van der Waals surface area contributed by atoms with Gasteiger partial charge in [-0.3, -0.25) is 19.7 Å². The molecular formula is C17H18N4O5. The molecule has 2 heterocycles. The molecule has 2 aromatic rings. The molecule has 3 rings (SSSR count). The quantitative estimate of drug-likeness (QED) is 0.646. The van der Waals surface area contributed by atoms with E-state index < -0.39 is 10.9 Å². The topological polar surface area (TPSA) is 119 Å². The van der Waals surface area contributed by atoms with Crippen LogP contribution in [-0.2, 0) is 4.79 Å². The predicted octanol–water partition coefficient (Wildman–Crippen LogP) is 2.11. The van der Waals surface area contributed by atoms with Gasteiger partial charge in [0, 0.05) is 31.8 Å². The number of nitrogens with zero attached hydrogens (tertiary/aromatic N) is 4. The van der Waals surface area contributed by atoms with Gasteiger partial charge in [-0.1, -0.05) is 12.1 Å². The van der Waals surface area contributed by atoms with Crippen molar-refractivity contribution in [1.82, 2.24) is 14.7 Å². The largest absolute Gasteiger partial charge is 0.481 e. The van der Waals surface area contributed by atoms with Crippen LogP contribution in [0.15, 0.2) is 36.5 Å². The SMILES string of the molecule is O=C(O)CC1CCN(C(=O)c2ccn(-c3ccccc3[N+](=O)[O-])n2)CC1. The Kier molecular flexibility index (Phi) is 4.97. The molecule has 1 N–H and O–H groups in total. The van der Waals surface area contributed by atoms with E-state index in [1.54, 1.807) is 23.1 Å². The van der Waals surface area contributed by atoms with Crippen molar-refractivity contribution in [3.05, 3.63) is 52.3 Å². The molecule has 0 spiro atoms. The maximum Gasteiger partial charge on any atom is 0.303 e. The van der Waals surface area contributed by atoms with Crippen LogP contribution in [0.2, 0.25) is 0 Å². The molecule has 26 heavy (non-hydrogen) atoms. The first-order chi connectivity index (χ1) is 12.5. The third-order valence-corrected chi connectivity index (χ3v) is 4.50. The number of aliphatic carboxylic acids is 1. The molecule has 0 saturated carbocycles. The molecule has 1 aliphatic heterocycles. The Balaban J connectivity index is 1.72. The maximum atomic E-state index is 12.6. The minimum Gasteiger partial charge on any atom is -0.481 e. The average molecular weight is 358 g/mol. The number of carboxylic acids is 1. The van der Waals surface area contributed by atoms with Crippen LogP contribution in [0.4, 0.5) is 5.69 Å². The summed E-state index contributed by atoms with van der Waals surface area (Å²) in [7, 11) is 0. The Morgan fingerprint density at radius 2 is 1.92 bits per heavy atom. The number of rotatable bonds is 5. The number of likely N-dealkylation sites (tertiary alicyclic amines) is 1. The van der Waals surface area contributed by atoms with E-state index in [4.69, 9.17) is 5.11 Å². The second-order valence-corrected chi connectivity index (χ2v) is 6.22. The fourth-order valence-corrected chi connectivity index (χ4v) is 3.13. The van der Waals surface area contributed by atoms with Crippen LogP contribution in [0.25, 0.3) is 5.69 Å². The van der Waals surface area contributed by atoms with Crippen molar-refractivity contribution >= 4 is 17.6 Å². The predicted molar refractivity (Wildman–Crippen MR) is 91.1 cm³/mol. The first kappa shape index (κ1) is 17.6. The lowest BCUT2D eigenvalue weighted by molar-refractivity contribution is -0.384. The number of amides is 1. The van der Waals surface area contributed by atoms with Crippen molar-refractivity contribution in [1.29, 1.82) is 0 Å². The fourth-order valence-electron chi connectivity index (χ4n) is 3.13. The van der Waals surface area contributed by atoms with E-state index >= 15 is 0 Å². The minimum atomic E-state index is -0.821. The Labute approximate surface area is 149 Å². The molecule has 1 aromatic heterocycles. The van der Waals surface area contributed by atoms with Crippen LogP contribution in [0.1, 0.15) is 29.8 Å². The van der Waals surface area contributed by atoms with Gasteiger partial charge in [-0.25, -0.2) is 4.68 Å². The summed E-state index contributed by atoms with van der Waals surface area (Å²) in [5.74, 6) is -0.991. The van der Waals surface area contributed by atoms with E-state index in [0.717, 1.165) is 0 Å². The Morgan fingerprint density at radius 1 is 1.23 bits per heavy atom. The van der Waals surface area contributed by atoms with Crippen molar-refractivity contribution in [2.75, 3.05) is 13.1 Å². The summed E-state index contributed by atoms with van der Waals surface area (Å²) in [5, 5.41) is 24.2. The lowest BCUT2D eigenvalue weighted by Crippen LogP contribution is -2.39. The van der Waals surface area contributed by atoms with Crippen molar-refractivity contribution < 1.29 is 19.6 Å². The van der Waals surface area contributed by atoms with E-state index in [9.17, 15) is 19.7 Å². The van der Waals surface area contributed by atoms with Crippen LogP contribution in [-0.4, -0.2) is 49.7 Å². The highest BCUT2D eigenvalue weighted by Crippen LogP contribution is 2.23. The number of nitro benzene ring substituents is 1. The van der Waals surface area contributed by atoms with Gasteiger partial charge in [0.15, 0.2) is 5.69 Å². The smallest absolute Gasteiger partial charge is 0.303 e. The van der Waals surface area contributed by atoms with E-state index in [1.807, 2.05) is 0 Å². The summed E-state index contributed by atoms with van der Waals surface area (Å²) in [4.78, 5) is 35.7. The number of hydrogen-bond acceptors (Lipinski definition) is 5. The van der Waals surface area contributed by atoms with Crippen LogP contribution in [0.5, 0.6) is 0 Å². The molecule has 0 atom stereocenters. The summed E-state index contributed by atoms with van der Waals surface area (Å²) < 4.78 is 1.32. The number of carboxylic acid groups (broad SMARTS) is 1. The fraction of sp³-hybridized carbons (Fsp3) is 0.353. The molecule has 9 nitrogen and oxygen atoms in total. The second kappa shape index (κ2) is 7.34. The molecule has 0 bridgehead atoms. The molecule has 1 saturated heterocycles. The summed E-state index contributed by atoms with van der Waals surface area (Å²) in [5.41, 5.74) is 0.403. The monoisotopic (exact) mass is 358 g/mol. The maximum absolute atomic E-state index is 12.6. The van der Waals surface area contributed by atoms with Crippen molar-refractivity contribution in [3.63, 3.8) is 0 Å². The van der Waals surface area contributed by atoms with Gasteiger partial charge < -0.3 is 10.0 Å². The molecular weight excluding hydrogens is 340 g/mol. The highest BCUT2D eigenvalue weighted by Gasteiger charge is 2.26. The lowest BCUT2D eigenvalue weighted by atomic mass is 9.93. The summed E-state index contributed by atoms with van der Waals surface area (Å²) in [6.45, 7) is 0.963. The molecule has 9 heteroatoms. The van der Waals surface area contributed by atoms with Gasteiger partial charge in [-0.2, -0.15) is 5.10 Å². The van der Waals surface area contributed by atoms with E-state index in [2.05, 4.69) is 5.10 Å². The number of para-hydroxylation sites is 2. The van der Waals surface area contributed by atoms with Crippen molar-refractivity contribution in [3.8, 4) is 5.69 Å². The Bertz CT molecular complexity index is 839. The van der Waals surface area contributed by atoms with E-state index in [0.29, 0.717) is 25.9 Å². The standard InChI is InChI=1S/C17H18N4O5/c22-16(23)11-12-5-8-19(9-6-12)17(24)13-7-10-20(18-13)14-3-1-2-4-15(14)21(25)26/h1-4,7,10,12H,5-6,8-9,11H2,(H,22,23). The zero-order chi connectivity index (χ0) is 18.7. The Hall–Kier alpha value is -3.23. The van der Waals surface area contributed by atoms with E-state index in [-0.39, 0.29) is 35.3 Å². The number of piperidine rings is 1. The Morgan fingerprint density at radius 3 is 2.58 bits per heavy atom. The molecule has 0 aliphatic carbocycles. The lowest BCUT2D eigenvalue weighted by Gasteiger charge is -2.30. The third kappa shape index (κ3) is 3.71. The minimum absolute atomic E-state index is 0.0843. The first-order valence-electron chi connectivity index (χ1n) is 8.26. The highest BCUT2D eigenvalue weighted by molar-refractivity contribution is 5.92. The molecule has 0 unspecified atom stereocenters. The molecule has 1 aromatic carbocycles. The molecule has 1 aliphatic rings. The van der Waals surface area contributed by atoms with Crippen LogP contribution >= 0.6 is 0 Å². The van der Waals surface area contributed by atoms with Crippen LogP contribution in [0, 0.1) is 16.0 Å². The molecule has 1 amide bonds. The van der Waals surface area contributed by atoms with Crippen LogP contribution in [0.3, 0.4) is 0 Å². The van der Waals surface area contributed by atoms with Crippen molar-refractivity contribution in [2.45, 2.75) is 19.3 Å². The number of carbonyl (C=O) groups is 2. The zero-order valence-corrected chi connectivity index (χ0v) is 13.9. The van der Waals surface area contributed by atoms with Gasteiger partial charge in [0.1, 0.15) is 5.69 Å². The van der Waals surface area contributed by atoms with Crippen molar-refractivity contribution in [2.24, 2.45) is 5.92 Å². The summed E-state index contributed by atoms with van der Waals surface area (Å²) >= 11 is 0. The normalized spacial score (nSPS) is 15.0. The number of nitro groups is 1. The van der Waals surface area contributed by atoms with Gasteiger partial charge in [-0.15, -0.1) is 0 Å². The number of aromatic nitrogens is 2. The van der Waals surface area contributed by atoms with Gasteiger partial charge >= 0.3 is 5.97 Å². The van der Waals surface area contributed by atoms with Gasteiger partial charge in [0.05, 0.1) is 4.92 Å². The second-order valence-electron chi connectivity index (χ2n) is 6.22. The number of hydrogen-bond donors (Lipinski definition) is 1. The molecule has 1 fully saturated rings. The first-order valence-corrected chi connectivity index (χ1v) is 8.26. The third-order valence-electron chi connectivity index (χ3n) is 4.50. The van der Waals surface area contributed by atoms with Gasteiger partial charge in [0.2, 0.25) is 0 Å².